The molecule has 0 radical (unpaired) electrons. The second kappa shape index (κ2) is 6.78. The number of aromatic nitrogens is 2. The fraction of sp³-hybridized carbons (Fsp3) is 0.474. The Labute approximate surface area is 148 Å². The zero-order valence-electron chi connectivity index (χ0n) is 15.5. The fourth-order valence-corrected chi connectivity index (χ4v) is 3.33. The maximum absolute atomic E-state index is 12.9. The standard InChI is InChI=1S/C19H25N3O3/c1-12(2)22-13(3)8-16(20-22)19(23)21-7-6-14-9-17(24-4)18(25-5)10-15(14)11-21/h8-10,12H,6-7,11H2,1-5H3. The summed E-state index contributed by atoms with van der Waals surface area (Å²) in [5.41, 5.74) is 3.81. The summed E-state index contributed by atoms with van der Waals surface area (Å²) in [5, 5.41) is 4.48. The van der Waals surface area contributed by atoms with Gasteiger partial charge in [-0.3, -0.25) is 9.48 Å². The Morgan fingerprint density at radius 1 is 1.12 bits per heavy atom. The van der Waals surface area contributed by atoms with E-state index in [0.717, 1.165) is 23.4 Å². The van der Waals surface area contributed by atoms with E-state index in [-0.39, 0.29) is 11.9 Å². The summed E-state index contributed by atoms with van der Waals surface area (Å²) in [7, 11) is 3.26. The van der Waals surface area contributed by atoms with Crippen LogP contribution in [0.4, 0.5) is 0 Å². The van der Waals surface area contributed by atoms with Crippen LogP contribution in [0.15, 0.2) is 18.2 Å². The highest BCUT2D eigenvalue weighted by molar-refractivity contribution is 5.92. The van der Waals surface area contributed by atoms with Gasteiger partial charge in [0.1, 0.15) is 0 Å². The molecule has 1 aromatic carbocycles. The smallest absolute Gasteiger partial charge is 0.274 e. The van der Waals surface area contributed by atoms with Crippen LogP contribution in [-0.2, 0) is 13.0 Å². The molecule has 3 rings (SSSR count). The number of nitrogens with zero attached hydrogens (tertiary/aromatic N) is 3. The van der Waals surface area contributed by atoms with Crippen molar-refractivity contribution in [3.05, 3.63) is 40.7 Å². The van der Waals surface area contributed by atoms with Crippen LogP contribution in [0.25, 0.3) is 0 Å². The van der Waals surface area contributed by atoms with Gasteiger partial charge in [0, 0.05) is 24.8 Å². The first-order valence-electron chi connectivity index (χ1n) is 8.53. The number of rotatable bonds is 4. The predicted molar refractivity (Wildman–Crippen MR) is 95.3 cm³/mol. The van der Waals surface area contributed by atoms with Crippen molar-refractivity contribution < 1.29 is 14.3 Å². The molecule has 134 valence electrons. The van der Waals surface area contributed by atoms with E-state index >= 15 is 0 Å². The Morgan fingerprint density at radius 2 is 1.76 bits per heavy atom. The lowest BCUT2D eigenvalue weighted by molar-refractivity contribution is 0.0727. The van der Waals surface area contributed by atoms with Crippen molar-refractivity contribution in [1.29, 1.82) is 0 Å². The summed E-state index contributed by atoms with van der Waals surface area (Å²) in [6.07, 6.45) is 0.797. The van der Waals surface area contributed by atoms with Crippen LogP contribution < -0.4 is 9.47 Å². The molecule has 6 nitrogen and oxygen atoms in total. The Morgan fingerprint density at radius 3 is 2.32 bits per heavy atom. The maximum Gasteiger partial charge on any atom is 0.274 e. The minimum absolute atomic E-state index is 0.0251. The molecule has 0 saturated carbocycles. The fourth-order valence-electron chi connectivity index (χ4n) is 3.33. The zero-order chi connectivity index (χ0) is 18.1. The summed E-state index contributed by atoms with van der Waals surface area (Å²) in [6, 6.07) is 6.08. The van der Waals surface area contributed by atoms with E-state index in [9.17, 15) is 4.79 Å². The molecular formula is C19H25N3O3. The van der Waals surface area contributed by atoms with E-state index < -0.39 is 0 Å². The molecule has 2 heterocycles. The number of fused-ring (bicyclic) bond motifs is 1. The van der Waals surface area contributed by atoms with Crippen LogP contribution >= 0.6 is 0 Å². The second-order valence-electron chi connectivity index (χ2n) is 6.66. The molecule has 1 amide bonds. The molecule has 0 aliphatic carbocycles. The van der Waals surface area contributed by atoms with Gasteiger partial charge in [0.05, 0.1) is 14.2 Å². The minimum Gasteiger partial charge on any atom is -0.493 e. The number of carbonyl (C=O) groups excluding carboxylic acids is 1. The average Bonchev–Trinajstić information content (AvgIpc) is 3.01. The van der Waals surface area contributed by atoms with Crippen LogP contribution in [0.3, 0.4) is 0 Å². The minimum atomic E-state index is -0.0251. The van der Waals surface area contributed by atoms with E-state index in [4.69, 9.17) is 9.47 Å². The van der Waals surface area contributed by atoms with Gasteiger partial charge in [-0.2, -0.15) is 5.10 Å². The third kappa shape index (κ3) is 3.21. The summed E-state index contributed by atoms with van der Waals surface area (Å²) in [4.78, 5) is 14.7. The largest absolute Gasteiger partial charge is 0.493 e. The van der Waals surface area contributed by atoms with Crippen molar-refractivity contribution in [3.63, 3.8) is 0 Å². The van der Waals surface area contributed by atoms with Crippen LogP contribution in [0.1, 0.15) is 47.2 Å². The Hall–Kier alpha value is -2.50. The van der Waals surface area contributed by atoms with Crippen molar-refractivity contribution in [3.8, 4) is 11.5 Å². The first-order valence-corrected chi connectivity index (χ1v) is 8.53. The number of hydrogen-bond acceptors (Lipinski definition) is 4. The van der Waals surface area contributed by atoms with Crippen LogP contribution in [-0.4, -0.2) is 41.4 Å². The third-order valence-corrected chi connectivity index (χ3v) is 4.64. The van der Waals surface area contributed by atoms with Gasteiger partial charge in [0.25, 0.3) is 5.91 Å². The Balaban J connectivity index is 1.84. The maximum atomic E-state index is 12.9. The molecule has 1 aliphatic rings. The van der Waals surface area contributed by atoms with Crippen LogP contribution in [0.5, 0.6) is 11.5 Å². The summed E-state index contributed by atoms with van der Waals surface area (Å²) in [6.45, 7) is 7.33. The van der Waals surface area contributed by atoms with Crippen molar-refractivity contribution >= 4 is 5.91 Å². The van der Waals surface area contributed by atoms with Crippen molar-refractivity contribution in [2.24, 2.45) is 0 Å². The normalized spacial score (nSPS) is 13.8. The van der Waals surface area contributed by atoms with Gasteiger partial charge in [0.2, 0.25) is 0 Å². The lowest BCUT2D eigenvalue weighted by Crippen LogP contribution is -2.36. The molecule has 2 aromatic rings. The molecule has 0 bridgehead atoms. The van der Waals surface area contributed by atoms with Gasteiger partial charge in [0.15, 0.2) is 17.2 Å². The molecule has 0 unspecified atom stereocenters. The first-order chi connectivity index (χ1) is 11.9. The van der Waals surface area contributed by atoms with Crippen LogP contribution in [0.2, 0.25) is 0 Å². The van der Waals surface area contributed by atoms with Crippen molar-refractivity contribution in [1.82, 2.24) is 14.7 Å². The molecule has 6 heteroatoms. The number of benzene rings is 1. The monoisotopic (exact) mass is 343 g/mol. The average molecular weight is 343 g/mol. The van der Waals surface area contributed by atoms with Gasteiger partial charge in [-0.05, 0) is 56.5 Å². The van der Waals surface area contributed by atoms with E-state index in [2.05, 4.69) is 18.9 Å². The Kier molecular flexibility index (Phi) is 4.70. The van der Waals surface area contributed by atoms with E-state index in [1.165, 1.54) is 5.56 Å². The third-order valence-electron chi connectivity index (χ3n) is 4.64. The highest BCUT2D eigenvalue weighted by Gasteiger charge is 2.25. The molecule has 1 aliphatic heterocycles. The first kappa shape index (κ1) is 17.3. The van der Waals surface area contributed by atoms with Crippen molar-refractivity contribution in [2.75, 3.05) is 20.8 Å². The SMILES string of the molecule is COc1cc2c(cc1OC)CN(C(=O)c1cc(C)n(C(C)C)n1)CC2. The molecular weight excluding hydrogens is 318 g/mol. The number of carbonyl (C=O) groups is 1. The highest BCUT2D eigenvalue weighted by Crippen LogP contribution is 2.33. The quantitative estimate of drug-likeness (QED) is 0.856. The molecule has 0 saturated heterocycles. The molecule has 0 N–H and O–H groups in total. The van der Waals surface area contributed by atoms with E-state index in [1.807, 2.05) is 34.7 Å². The van der Waals surface area contributed by atoms with Gasteiger partial charge in [-0.15, -0.1) is 0 Å². The summed E-state index contributed by atoms with van der Waals surface area (Å²) in [5.74, 6) is 1.39. The lowest BCUT2D eigenvalue weighted by Gasteiger charge is -2.29. The van der Waals surface area contributed by atoms with Gasteiger partial charge >= 0.3 is 0 Å². The number of methoxy groups -OCH3 is 2. The topological polar surface area (TPSA) is 56.6 Å². The number of aryl methyl sites for hydroxylation is 1. The number of ether oxygens (including phenoxy) is 2. The molecule has 0 atom stereocenters. The summed E-state index contributed by atoms with van der Waals surface area (Å²) >= 11 is 0. The Bertz CT molecular complexity index is 795. The number of amides is 1. The van der Waals surface area contributed by atoms with Crippen molar-refractivity contribution in [2.45, 2.75) is 39.8 Å². The lowest BCUT2D eigenvalue weighted by atomic mass is 9.98. The van der Waals surface area contributed by atoms with Crippen LogP contribution in [0, 0.1) is 6.92 Å². The summed E-state index contributed by atoms with van der Waals surface area (Å²) < 4.78 is 12.6. The van der Waals surface area contributed by atoms with Gasteiger partial charge < -0.3 is 14.4 Å². The van der Waals surface area contributed by atoms with Gasteiger partial charge in [-0.1, -0.05) is 0 Å². The van der Waals surface area contributed by atoms with Gasteiger partial charge in [-0.25, -0.2) is 0 Å². The molecule has 0 spiro atoms. The zero-order valence-corrected chi connectivity index (χ0v) is 15.5. The molecule has 0 fully saturated rings. The second-order valence-corrected chi connectivity index (χ2v) is 6.66. The highest BCUT2D eigenvalue weighted by atomic mass is 16.5. The van der Waals surface area contributed by atoms with E-state index in [0.29, 0.717) is 24.5 Å². The number of hydrogen-bond donors (Lipinski definition) is 0. The molecule has 1 aromatic heterocycles. The predicted octanol–water partition coefficient (Wildman–Crippen LogP) is 2.99. The van der Waals surface area contributed by atoms with E-state index in [1.54, 1.807) is 14.2 Å². The molecule has 25 heavy (non-hydrogen) atoms.